The van der Waals surface area contributed by atoms with E-state index in [1.54, 1.807) is 24.3 Å². The van der Waals surface area contributed by atoms with Crippen LogP contribution in [0.4, 0.5) is 5.69 Å². The van der Waals surface area contributed by atoms with Crippen LogP contribution in [0.3, 0.4) is 0 Å². The Morgan fingerprint density at radius 3 is 2.70 bits per heavy atom. The SMILES string of the molecule is CC1CCCC2c3ccc(C(=O)c4ccc(C#N)cc4)c(c3)N12. The van der Waals surface area contributed by atoms with Gasteiger partial charge in [0.1, 0.15) is 0 Å². The van der Waals surface area contributed by atoms with Crippen LogP contribution in [-0.2, 0) is 0 Å². The zero-order valence-corrected chi connectivity index (χ0v) is 13.1. The lowest BCUT2D eigenvalue weighted by Crippen LogP contribution is -2.37. The van der Waals surface area contributed by atoms with Gasteiger partial charge in [-0.1, -0.05) is 6.07 Å². The zero-order valence-electron chi connectivity index (χ0n) is 13.1. The van der Waals surface area contributed by atoms with Gasteiger partial charge in [0.15, 0.2) is 5.78 Å². The number of rotatable bonds is 2. The lowest BCUT2D eigenvalue weighted by molar-refractivity contribution is 0.103. The van der Waals surface area contributed by atoms with Crippen LogP contribution < -0.4 is 4.90 Å². The molecule has 23 heavy (non-hydrogen) atoms. The number of benzene rings is 2. The Morgan fingerprint density at radius 1 is 1.17 bits per heavy atom. The molecule has 1 fully saturated rings. The number of hydrogen-bond acceptors (Lipinski definition) is 3. The molecule has 2 aliphatic heterocycles. The topological polar surface area (TPSA) is 44.1 Å². The van der Waals surface area contributed by atoms with Crippen molar-refractivity contribution in [1.29, 1.82) is 5.26 Å². The van der Waals surface area contributed by atoms with Crippen molar-refractivity contribution in [1.82, 2.24) is 0 Å². The fourth-order valence-electron chi connectivity index (χ4n) is 3.94. The Labute approximate surface area is 136 Å². The Balaban J connectivity index is 1.73. The number of nitriles is 1. The van der Waals surface area contributed by atoms with Gasteiger partial charge in [-0.05, 0) is 68.1 Å². The first-order valence-corrected chi connectivity index (χ1v) is 8.16. The second-order valence-corrected chi connectivity index (χ2v) is 6.50. The quantitative estimate of drug-likeness (QED) is 0.780. The van der Waals surface area contributed by atoms with Gasteiger partial charge in [-0.15, -0.1) is 0 Å². The molecule has 0 aromatic heterocycles. The van der Waals surface area contributed by atoms with Gasteiger partial charge in [-0.3, -0.25) is 4.79 Å². The summed E-state index contributed by atoms with van der Waals surface area (Å²) in [6.45, 7) is 2.25. The highest BCUT2D eigenvalue weighted by atomic mass is 16.1. The van der Waals surface area contributed by atoms with Gasteiger partial charge in [0.25, 0.3) is 0 Å². The van der Waals surface area contributed by atoms with Gasteiger partial charge < -0.3 is 4.90 Å². The number of anilines is 1. The molecule has 0 amide bonds. The van der Waals surface area contributed by atoms with E-state index in [2.05, 4.69) is 30.0 Å². The molecule has 3 nitrogen and oxygen atoms in total. The maximum Gasteiger partial charge on any atom is 0.195 e. The molecule has 0 spiro atoms. The van der Waals surface area contributed by atoms with E-state index in [0.29, 0.717) is 23.2 Å². The van der Waals surface area contributed by atoms with E-state index in [0.717, 1.165) is 11.3 Å². The second-order valence-electron chi connectivity index (χ2n) is 6.50. The summed E-state index contributed by atoms with van der Waals surface area (Å²) in [5.74, 6) is 0.0365. The third kappa shape index (κ3) is 2.14. The molecule has 2 heterocycles. The Hall–Kier alpha value is -2.60. The third-order valence-electron chi connectivity index (χ3n) is 5.12. The highest BCUT2D eigenvalue weighted by Gasteiger charge is 2.36. The molecule has 2 aromatic rings. The molecule has 3 heteroatoms. The minimum Gasteiger partial charge on any atom is -0.361 e. The fraction of sp³-hybridized carbons (Fsp3) is 0.300. The number of nitrogens with zero attached hydrogens (tertiary/aromatic N) is 2. The van der Waals surface area contributed by atoms with E-state index in [1.807, 2.05) is 6.07 Å². The third-order valence-corrected chi connectivity index (χ3v) is 5.12. The van der Waals surface area contributed by atoms with E-state index in [4.69, 9.17) is 5.26 Å². The average Bonchev–Trinajstić information content (AvgIpc) is 2.88. The Kier molecular flexibility index (Phi) is 3.20. The van der Waals surface area contributed by atoms with Crippen molar-refractivity contribution in [2.24, 2.45) is 0 Å². The van der Waals surface area contributed by atoms with Crippen molar-refractivity contribution in [3.05, 3.63) is 64.7 Å². The smallest absolute Gasteiger partial charge is 0.195 e. The monoisotopic (exact) mass is 302 g/mol. The van der Waals surface area contributed by atoms with Crippen molar-refractivity contribution in [3.8, 4) is 6.07 Å². The molecule has 0 saturated carbocycles. The highest BCUT2D eigenvalue weighted by Crippen LogP contribution is 2.46. The molecule has 2 aliphatic rings. The van der Waals surface area contributed by atoms with Gasteiger partial charge in [-0.25, -0.2) is 0 Å². The summed E-state index contributed by atoms with van der Waals surface area (Å²) in [6.07, 6.45) is 3.60. The van der Waals surface area contributed by atoms with Gasteiger partial charge in [0.05, 0.1) is 17.7 Å². The summed E-state index contributed by atoms with van der Waals surface area (Å²) in [5, 5.41) is 8.89. The van der Waals surface area contributed by atoms with Crippen molar-refractivity contribution in [2.75, 3.05) is 4.90 Å². The van der Waals surface area contributed by atoms with Crippen LogP contribution in [-0.4, -0.2) is 11.8 Å². The summed E-state index contributed by atoms with van der Waals surface area (Å²) < 4.78 is 0. The van der Waals surface area contributed by atoms with Crippen molar-refractivity contribution >= 4 is 11.5 Å². The molecule has 4 rings (SSSR count). The second kappa shape index (κ2) is 5.24. The molecule has 2 aromatic carbocycles. The van der Waals surface area contributed by atoms with E-state index in [-0.39, 0.29) is 5.78 Å². The predicted octanol–water partition coefficient (Wildman–Crippen LogP) is 4.22. The van der Waals surface area contributed by atoms with E-state index in [1.165, 1.54) is 24.8 Å². The number of hydrogen-bond donors (Lipinski definition) is 0. The van der Waals surface area contributed by atoms with Gasteiger partial charge in [-0.2, -0.15) is 5.26 Å². The Morgan fingerprint density at radius 2 is 1.96 bits per heavy atom. The van der Waals surface area contributed by atoms with Crippen LogP contribution in [0.25, 0.3) is 0 Å². The van der Waals surface area contributed by atoms with Crippen molar-refractivity contribution in [3.63, 3.8) is 0 Å². The first-order chi connectivity index (χ1) is 11.2. The van der Waals surface area contributed by atoms with E-state index >= 15 is 0 Å². The molecule has 0 radical (unpaired) electrons. The number of fused-ring (bicyclic) bond motifs is 5. The van der Waals surface area contributed by atoms with Crippen molar-refractivity contribution in [2.45, 2.75) is 38.3 Å². The summed E-state index contributed by atoms with van der Waals surface area (Å²) in [4.78, 5) is 15.3. The standard InChI is InChI=1S/C20H18N2O/c1-13-3-2-4-18-16-9-10-17(19(11-16)22(13)18)20(23)15-7-5-14(12-21)6-8-15/h5-11,13,18H,2-4H2,1H3. The maximum atomic E-state index is 12.9. The lowest BCUT2D eigenvalue weighted by atomic mass is 9.95. The van der Waals surface area contributed by atoms with E-state index in [9.17, 15) is 4.79 Å². The molecule has 2 unspecified atom stereocenters. The minimum atomic E-state index is 0.0365. The lowest BCUT2D eigenvalue weighted by Gasteiger charge is -2.38. The molecule has 0 N–H and O–H groups in total. The van der Waals surface area contributed by atoms with Gasteiger partial charge in [0, 0.05) is 22.9 Å². The summed E-state index contributed by atoms with van der Waals surface area (Å²) in [7, 11) is 0. The first kappa shape index (κ1) is 14.0. The average molecular weight is 302 g/mol. The summed E-state index contributed by atoms with van der Waals surface area (Å²) >= 11 is 0. The fourth-order valence-corrected chi connectivity index (χ4v) is 3.94. The first-order valence-electron chi connectivity index (χ1n) is 8.16. The van der Waals surface area contributed by atoms with Gasteiger partial charge >= 0.3 is 0 Å². The maximum absolute atomic E-state index is 12.9. The molecular weight excluding hydrogens is 284 g/mol. The molecule has 0 aliphatic carbocycles. The van der Waals surface area contributed by atoms with Crippen LogP contribution in [0.1, 0.15) is 59.3 Å². The van der Waals surface area contributed by atoms with Crippen molar-refractivity contribution < 1.29 is 4.79 Å². The Bertz CT molecular complexity index is 817. The zero-order chi connectivity index (χ0) is 16.0. The predicted molar refractivity (Wildman–Crippen MR) is 89.6 cm³/mol. The normalized spacial score (nSPS) is 21.7. The minimum absolute atomic E-state index is 0.0365. The number of carbonyl (C=O) groups is 1. The largest absolute Gasteiger partial charge is 0.361 e. The number of piperidine rings is 1. The number of ketones is 1. The molecule has 1 saturated heterocycles. The molecule has 2 bridgehead atoms. The highest BCUT2D eigenvalue weighted by molar-refractivity contribution is 6.13. The van der Waals surface area contributed by atoms with Crippen LogP contribution >= 0.6 is 0 Å². The van der Waals surface area contributed by atoms with Crippen LogP contribution in [0.2, 0.25) is 0 Å². The molecule has 2 atom stereocenters. The summed E-state index contributed by atoms with van der Waals surface area (Å²) in [5.41, 5.74) is 4.40. The molecular formula is C20H18N2O. The van der Waals surface area contributed by atoms with E-state index < -0.39 is 0 Å². The number of carbonyl (C=O) groups excluding carboxylic acids is 1. The van der Waals surface area contributed by atoms with Crippen LogP contribution in [0.15, 0.2) is 42.5 Å². The molecule has 114 valence electrons. The van der Waals surface area contributed by atoms with Crippen LogP contribution in [0, 0.1) is 11.3 Å². The van der Waals surface area contributed by atoms with Gasteiger partial charge in [0.2, 0.25) is 0 Å². The van der Waals surface area contributed by atoms with Crippen LogP contribution in [0.5, 0.6) is 0 Å². The summed E-state index contributed by atoms with van der Waals surface area (Å²) in [6, 6.07) is 16.1.